The Kier molecular flexibility index (Phi) is 4.31. The maximum Gasteiger partial charge on any atom is 0.223 e. The molecule has 0 radical (unpaired) electrons. The van der Waals surface area contributed by atoms with E-state index in [-0.39, 0.29) is 22.5 Å². The van der Waals surface area contributed by atoms with E-state index in [4.69, 9.17) is 34.1 Å². The number of hydrogen-bond acceptors (Lipinski definition) is 2. The number of nitrogens with zero attached hydrogens (tertiary/aromatic N) is 3. The Morgan fingerprint density at radius 3 is 2.53 bits per heavy atom. The molecule has 0 spiro atoms. The minimum Gasteiger partial charge on any atom is -0.370 e. The third kappa shape index (κ3) is 3.34. The van der Waals surface area contributed by atoms with Crippen LogP contribution in [0.25, 0.3) is 0 Å². The van der Waals surface area contributed by atoms with Crippen molar-refractivity contribution in [1.82, 2.24) is 0 Å². The molecule has 1 rings (SSSR count). The first-order chi connectivity index (χ1) is 7.95. The summed E-state index contributed by atoms with van der Waals surface area (Å²) in [6, 6.07) is 5.12. The summed E-state index contributed by atoms with van der Waals surface area (Å²) in [7, 11) is 0. The van der Waals surface area contributed by atoms with Gasteiger partial charge in [-0.05, 0) is 28.1 Å². The van der Waals surface area contributed by atoms with Crippen molar-refractivity contribution in [2.45, 2.75) is 0 Å². The zero-order valence-electron chi connectivity index (χ0n) is 8.48. The van der Waals surface area contributed by atoms with E-state index < -0.39 is 0 Å². The second-order valence-corrected chi connectivity index (χ2v) is 4.11. The molecule has 6 nitrogen and oxygen atoms in total. The Hall–Kier alpha value is -1.78. The molecular formula is C9H8BrClN6. The van der Waals surface area contributed by atoms with Crippen molar-refractivity contribution in [2.75, 3.05) is 0 Å². The third-order valence-electron chi connectivity index (χ3n) is 1.66. The van der Waals surface area contributed by atoms with Crippen molar-refractivity contribution in [1.29, 1.82) is 5.26 Å². The van der Waals surface area contributed by atoms with E-state index in [1.807, 2.05) is 6.07 Å². The van der Waals surface area contributed by atoms with Crippen molar-refractivity contribution >= 4 is 45.1 Å². The van der Waals surface area contributed by atoms with Gasteiger partial charge in [0, 0.05) is 4.47 Å². The lowest BCUT2D eigenvalue weighted by Gasteiger charge is -2.03. The van der Waals surface area contributed by atoms with Gasteiger partial charge < -0.3 is 17.2 Å². The van der Waals surface area contributed by atoms with E-state index >= 15 is 0 Å². The van der Waals surface area contributed by atoms with Gasteiger partial charge >= 0.3 is 0 Å². The Labute approximate surface area is 111 Å². The second kappa shape index (κ2) is 5.52. The Morgan fingerprint density at radius 2 is 2.00 bits per heavy atom. The van der Waals surface area contributed by atoms with Gasteiger partial charge in [0.1, 0.15) is 11.8 Å². The van der Waals surface area contributed by atoms with Crippen LogP contribution in [-0.2, 0) is 0 Å². The van der Waals surface area contributed by atoms with Crippen LogP contribution < -0.4 is 17.2 Å². The first-order valence-corrected chi connectivity index (χ1v) is 5.44. The van der Waals surface area contributed by atoms with Crippen LogP contribution in [0.5, 0.6) is 0 Å². The highest BCUT2D eigenvalue weighted by atomic mass is 79.9. The minimum absolute atomic E-state index is 0.150. The van der Waals surface area contributed by atoms with Gasteiger partial charge in [0.25, 0.3) is 0 Å². The smallest absolute Gasteiger partial charge is 0.223 e. The summed E-state index contributed by atoms with van der Waals surface area (Å²) in [6.45, 7) is 0. The number of rotatable bonds is 1. The van der Waals surface area contributed by atoms with Crippen LogP contribution in [0.4, 0.5) is 5.69 Å². The summed E-state index contributed by atoms with van der Waals surface area (Å²) in [4.78, 5) is 7.47. The van der Waals surface area contributed by atoms with Gasteiger partial charge in [0.05, 0.1) is 10.6 Å². The number of halogens is 2. The molecule has 0 unspecified atom stereocenters. The SMILES string of the molecule is N#Cc1ccc(Br)c(N=C(N)N=C(N)N)c1Cl. The summed E-state index contributed by atoms with van der Waals surface area (Å²) < 4.78 is 0.579. The summed E-state index contributed by atoms with van der Waals surface area (Å²) in [5.74, 6) is -0.363. The molecule has 0 aliphatic carbocycles. The molecule has 88 valence electrons. The van der Waals surface area contributed by atoms with Crippen molar-refractivity contribution in [3.8, 4) is 6.07 Å². The molecular weight excluding hydrogens is 307 g/mol. The zero-order valence-corrected chi connectivity index (χ0v) is 10.8. The topological polar surface area (TPSA) is 127 Å². The maximum absolute atomic E-state index is 8.82. The van der Waals surface area contributed by atoms with Crippen LogP contribution in [0.2, 0.25) is 5.02 Å². The lowest BCUT2D eigenvalue weighted by Crippen LogP contribution is -2.26. The van der Waals surface area contributed by atoms with Crippen LogP contribution in [0.15, 0.2) is 26.6 Å². The highest BCUT2D eigenvalue weighted by Crippen LogP contribution is 2.35. The third-order valence-corrected chi connectivity index (χ3v) is 2.68. The molecule has 0 heterocycles. The number of hydrogen-bond donors (Lipinski definition) is 3. The molecule has 0 saturated heterocycles. The first kappa shape index (κ1) is 13.3. The summed E-state index contributed by atoms with van der Waals surface area (Å²) in [5, 5.41) is 8.99. The van der Waals surface area contributed by atoms with E-state index in [1.165, 1.54) is 0 Å². The average molecular weight is 316 g/mol. The molecule has 8 heteroatoms. The minimum atomic E-state index is -0.213. The Morgan fingerprint density at radius 1 is 1.35 bits per heavy atom. The van der Waals surface area contributed by atoms with Gasteiger partial charge in [-0.15, -0.1) is 0 Å². The molecule has 0 aliphatic heterocycles. The van der Waals surface area contributed by atoms with Crippen LogP contribution in [0, 0.1) is 11.3 Å². The lowest BCUT2D eigenvalue weighted by molar-refractivity contribution is 1.36. The Balaban J connectivity index is 3.33. The quantitative estimate of drug-likeness (QED) is 0.531. The molecule has 0 aliphatic rings. The molecule has 0 aromatic heterocycles. The number of nitrogens with two attached hydrogens (primary N) is 3. The van der Waals surface area contributed by atoms with Crippen LogP contribution in [0.1, 0.15) is 5.56 Å². The van der Waals surface area contributed by atoms with Crippen LogP contribution in [0.3, 0.4) is 0 Å². The van der Waals surface area contributed by atoms with E-state index in [9.17, 15) is 0 Å². The average Bonchev–Trinajstić information content (AvgIpc) is 2.23. The second-order valence-electron chi connectivity index (χ2n) is 2.88. The Bertz CT molecular complexity index is 541. The molecule has 17 heavy (non-hydrogen) atoms. The number of nitriles is 1. The predicted octanol–water partition coefficient (Wildman–Crippen LogP) is 1.19. The van der Waals surface area contributed by atoms with Crippen molar-refractivity contribution in [3.05, 3.63) is 27.2 Å². The molecule has 0 saturated carbocycles. The highest BCUT2D eigenvalue weighted by Gasteiger charge is 2.10. The summed E-state index contributed by atoms with van der Waals surface area (Å²) in [5.41, 5.74) is 16.4. The molecule has 1 aromatic carbocycles. The summed E-state index contributed by atoms with van der Waals surface area (Å²) >= 11 is 9.21. The first-order valence-electron chi connectivity index (χ1n) is 4.27. The number of aliphatic imine (C=N–C) groups is 2. The molecule has 6 N–H and O–H groups in total. The number of guanidine groups is 2. The fraction of sp³-hybridized carbons (Fsp3) is 0. The molecule has 1 aromatic rings. The van der Waals surface area contributed by atoms with Crippen LogP contribution in [-0.4, -0.2) is 11.9 Å². The van der Waals surface area contributed by atoms with Crippen LogP contribution >= 0.6 is 27.5 Å². The normalized spacial score (nSPS) is 10.8. The molecule has 0 atom stereocenters. The van der Waals surface area contributed by atoms with E-state index in [2.05, 4.69) is 25.9 Å². The van der Waals surface area contributed by atoms with Crippen molar-refractivity contribution in [2.24, 2.45) is 27.2 Å². The van der Waals surface area contributed by atoms with Gasteiger partial charge in [-0.2, -0.15) is 10.3 Å². The lowest BCUT2D eigenvalue weighted by atomic mass is 10.2. The monoisotopic (exact) mass is 314 g/mol. The predicted molar refractivity (Wildman–Crippen MR) is 71.0 cm³/mol. The number of benzene rings is 1. The van der Waals surface area contributed by atoms with Gasteiger partial charge in [-0.3, -0.25) is 0 Å². The summed E-state index contributed by atoms with van der Waals surface area (Å²) in [6.07, 6.45) is 0. The van der Waals surface area contributed by atoms with Gasteiger partial charge in [-0.1, -0.05) is 11.6 Å². The molecule has 0 amide bonds. The van der Waals surface area contributed by atoms with Gasteiger partial charge in [0.2, 0.25) is 5.96 Å². The van der Waals surface area contributed by atoms with Gasteiger partial charge in [0.15, 0.2) is 5.96 Å². The molecule has 0 bridgehead atoms. The maximum atomic E-state index is 8.82. The van der Waals surface area contributed by atoms with E-state index in [0.717, 1.165) is 0 Å². The van der Waals surface area contributed by atoms with Crippen molar-refractivity contribution < 1.29 is 0 Å². The largest absolute Gasteiger partial charge is 0.370 e. The zero-order chi connectivity index (χ0) is 13.0. The van der Waals surface area contributed by atoms with E-state index in [1.54, 1.807) is 12.1 Å². The molecule has 0 fully saturated rings. The fourth-order valence-electron chi connectivity index (χ4n) is 1.00. The van der Waals surface area contributed by atoms with E-state index in [0.29, 0.717) is 10.2 Å². The van der Waals surface area contributed by atoms with Crippen molar-refractivity contribution in [3.63, 3.8) is 0 Å². The fourth-order valence-corrected chi connectivity index (χ4v) is 1.78. The van der Waals surface area contributed by atoms with Gasteiger partial charge in [-0.25, -0.2) is 4.99 Å². The highest BCUT2D eigenvalue weighted by molar-refractivity contribution is 9.10. The standard InChI is InChI=1S/C9H8BrClN6/c10-5-2-1-4(3-12)6(11)7(5)16-9(15)17-8(13)14/h1-2H,(H6,13,14,15,16,17).